The number of rotatable bonds is 6. The highest BCUT2D eigenvalue weighted by molar-refractivity contribution is 5.92. The van der Waals surface area contributed by atoms with E-state index in [4.69, 9.17) is 5.11 Å². The van der Waals surface area contributed by atoms with Gasteiger partial charge in [0.05, 0.1) is 6.04 Å². The Bertz CT molecular complexity index is 566. The lowest BCUT2D eigenvalue weighted by atomic mass is 10.0. The van der Waals surface area contributed by atoms with Crippen LogP contribution in [0.1, 0.15) is 34.9 Å². The van der Waals surface area contributed by atoms with Crippen LogP contribution >= 0.6 is 0 Å². The number of nitrogens with one attached hydrogen (secondary N) is 1. The van der Waals surface area contributed by atoms with Crippen molar-refractivity contribution in [3.8, 4) is 0 Å². The predicted molar refractivity (Wildman–Crippen MR) is 70.0 cm³/mol. The lowest BCUT2D eigenvalue weighted by Gasteiger charge is -2.17. The Morgan fingerprint density at radius 2 is 2.00 bits per heavy atom. The molecular formula is C14H14N2O4. The molecule has 1 atom stereocenters. The first-order valence-electron chi connectivity index (χ1n) is 6.15. The van der Waals surface area contributed by atoms with Crippen molar-refractivity contribution in [2.45, 2.75) is 18.9 Å². The van der Waals surface area contributed by atoms with Crippen molar-refractivity contribution < 1.29 is 19.2 Å². The first kappa shape index (κ1) is 13.8. The molecule has 1 aromatic heterocycles. The highest BCUT2D eigenvalue weighted by atomic mass is 16.5. The number of aromatic nitrogens is 1. The van der Waals surface area contributed by atoms with Gasteiger partial charge in [-0.05, 0) is 12.0 Å². The summed E-state index contributed by atoms with van der Waals surface area (Å²) in [7, 11) is 0. The SMILES string of the molecule is O=C(O)CCC(NC(=O)c1ccon1)c1ccccc1. The molecule has 1 amide bonds. The molecule has 2 aromatic rings. The van der Waals surface area contributed by atoms with E-state index in [0.29, 0.717) is 6.42 Å². The summed E-state index contributed by atoms with van der Waals surface area (Å²) in [5.74, 6) is -1.29. The Morgan fingerprint density at radius 3 is 2.60 bits per heavy atom. The Labute approximate surface area is 115 Å². The molecule has 1 heterocycles. The molecular weight excluding hydrogens is 260 g/mol. The van der Waals surface area contributed by atoms with Crippen molar-refractivity contribution in [1.82, 2.24) is 10.5 Å². The number of carboxylic acid groups (broad SMARTS) is 1. The van der Waals surface area contributed by atoms with Crippen LogP contribution in [0.5, 0.6) is 0 Å². The third kappa shape index (κ3) is 3.68. The van der Waals surface area contributed by atoms with Crippen molar-refractivity contribution in [1.29, 1.82) is 0 Å². The fraction of sp³-hybridized carbons (Fsp3) is 0.214. The van der Waals surface area contributed by atoms with Gasteiger partial charge >= 0.3 is 5.97 Å². The smallest absolute Gasteiger partial charge is 0.303 e. The van der Waals surface area contributed by atoms with Gasteiger partial charge in [0.2, 0.25) is 0 Å². The normalized spacial score (nSPS) is 11.8. The second-order valence-electron chi connectivity index (χ2n) is 4.25. The summed E-state index contributed by atoms with van der Waals surface area (Å²) in [6.45, 7) is 0. The number of carbonyl (C=O) groups is 2. The third-order valence-electron chi connectivity index (χ3n) is 2.82. The summed E-state index contributed by atoms with van der Waals surface area (Å²) in [5.41, 5.74) is 1.02. The second-order valence-corrected chi connectivity index (χ2v) is 4.25. The number of carboxylic acids is 1. The quantitative estimate of drug-likeness (QED) is 0.840. The molecule has 6 nitrogen and oxygen atoms in total. The van der Waals surface area contributed by atoms with Crippen LogP contribution in [0.3, 0.4) is 0 Å². The minimum absolute atomic E-state index is 0.0291. The average Bonchev–Trinajstić information content (AvgIpc) is 2.98. The molecule has 0 spiro atoms. The maximum atomic E-state index is 12.0. The standard InChI is InChI=1S/C14H14N2O4/c17-13(18)7-6-11(10-4-2-1-3-5-10)15-14(19)12-8-9-20-16-12/h1-5,8-9,11H,6-7H2,(H,15,19)(H,17,18). The van der Waals surface area contributed by atoms with Crippen LogP contribution in [-0.4, -0.2) is 22.1 Å². The van der Waals surface area contributed by atoms with Gasteiger partial charge in [-0.1, -0.05) is 35.5 Å². The zero-order chi connectivity index (χ0) is 14.4. The molecule has 0 aliphatic heterocycles. The summed E-state index contributed by atoms with van der Waals surface area (Å²) in [5, 5.41) is 15.1. The van der Waals surface area contributed by atoms with E-state index < -0.39 is 11.9 Å². The fourth-order valence-electron chi connectivity index (χ4n) is 1.84. The summed E-state index contributed by atoms with van der Waals surface area (Å²) in [6, 6.07) is 10.3. The zero-order valence-corrected chi connectivity index (χ0v) is 10.7. The maximum Gasteiger partial charge on any atom is 0.303 e. The molecule has 104 valence electrons. The summed E-state index contributed by atoms with van der Waals surface area (Å²) in [6.07, 6.45) is 1.59. The van der Waals surface area contributed by atoms with E-state index >= 15 is 0 Å². The molecule has 2 N–H and O–H groups in total. The van der Waals surface area contributed by atoms with E-state index in [1.54, 1.807) is 0 Å². The van der Waals surface area contributed by atoms with Crippen molar-refractivity contribution in [2.24, 2.45) is 0 Å². The number of hydrogen-bond donors (Lipinski definition) is 2. The molecule has 0 fully saturated rings. The van der Waals surface area contributed by atoms with E-state index in [-0.39, 0.29) is 18.2 Å². The van der Waals surface area contributed by atoms with E-state index in [1.165, 1.54) is 12.3 Å². The van der Waals surface area contributed by atoms with E-state index in [1.807, 2.05) is 30.3 Å². The van der Waals surface area contributed by atoms with Gasteiger partial charge in [0.15, 0.2) is 5.69 Å². The van der Waals surface area contributed by atoms with E-state index in [2.05, 4.69) is 15.0 Å². The number of nitrogens with zero attached hydrogens (tertiary/aromatic N) is 1. The van der Waals surface area contributed by atoms with Gasteiger partial charge in [-0.3, -0.25) is 9.59 Å². The van der Waals surface area contributed by atoms with Crippen LogP contribution in [0.25, 0.3) is 0 Å². The Balaban J connectivity index is 2.10. The van der Waals surface area contributed by atoms with Gasteiger partial charge < -0.3 is 14.9 Å². The molecule has 6 heteroatoms. The van der Waals surface area contributed by atoms with Crippen LogP contribution < -0.4 is 5.32 Å². The first-order valence-corrected chi connectivity index (χ1v) is 6.15. The monoisotopic (exact) mass is 274 g/mol. The predicted octanol–water partition coefficient (Wildman–Crippen LogP) is 2.01. The molecule has 1 unspecified atom stereocenters. The molecule has 0 aliphatic carbocycles. The van der Waals surface area contributed by atoms with Crippen molar-refractivity contribution in [2.75, 3.05) is 0 Å². The third-order valence-corrected chi connectivity index (χ3v) is 2.82. The summed E-state index contributed by atoms with van der Waals surface area (Å²) < 4.78 is 4.62. The molecule has 0 saturated carbocycles. The van der Waals surface area contributed by atoms with Crippen molar-refractivity contribution in [3.63, 3.8) is 0 Å². The lowest BCUT2D eigenvalue weighted by Crippen LogP contribution is -2.29. The number of hydrogen-bond acceptors (Lipinski definition) is 4. The van der Waals surface area contributed by atoms with Gasteiger partial charge in [-0.2, -0.15) is 0 Å². The topological polar surface area (TPSA) is 92.4 Å². The minimum atomic E-state index is -0.901. The lowest BCUT2D eigenvalue weighted by molar-refractivity contribution is -0.137. The van der Waals surface area contributed by atoms with Crippen LogP contribution in [0.2, 0.25) is 0 Å². The van der Waals surface area contributed by atoms with E-state index in [0.717, 1.165) is 5.56 Å². The summed E-state index contributed by atoms with van der Waals surface area (Å²) >= 11 is 0. The van der Waals surface area contributed by atoms with E-state index in [9.17, 15) is 9.59 Å². The number of amides is 1. The Kier molecular flexibility index (Phi) is 4.49. The largest absolute Gasteiger partial charge is 0.481 e. The number of carbonyl (C=O) groups excluding carboxylic acids is 1. The molecule has 0 aliphatic rings. The number of benzene rings is 1. The zero-order valence-electron chi connectivity index (χ0n) is 10.7. The molecule has 1 aromatic carbocycles. The molecule has 0 saturated heterocycles. The highest BCUT2D eigenvalue weighted by Crippen LogP contribution is 2.18. The maximum absolute atomic E-state index is 12.0. The van der Waals surface area contributed by atoms with Crippen LogP contribution in [-0.2, 0) is 4.79 Å². The molecule has 0 radical (unpaired) electrons. The van der Waals surface area contributed by atoms with Gasteiger partial charge in [0.1, 0.15) is 6.26 Å². The average molecular weight is 274 g/mol. The van der Waals surface area contributed by atoms with Gasteiger partial charge in [0, 0.05) is 12.5 Å². The fourth-order valence-corrected chi connectivity index (χ4v) is 1.84. The number of aliphatic carboxylic acids is 1. The van der Waals surface area contributed by atoms with Gasteiger partial charge in [-0.15, -0.1) is 0 Å². The Hall–Kier alpha value is -2.63. The van der Waals surface area contributed by atoms with Crippen LogP contribution in [0.4, 0.5) is 0 Å². The first-order chi connectivity index (χ1) is 9.66. The van der Waals surface area contributed by atoms with Crippen molar-refractivity contribution in [3.05, 3.63) is 53.9 Å². The molecule has 2 rings (SSSR count). The van der Waals surface area contributed by atoms with Gasteiger partial charge in [-0.25, -0.2) is 0 Å². The van der Waals surface area contributed by atoms with Crippen molar-refractivity contribution >= 4 is 11.9 Å². The van der Waals surface area contributed by atoms with Gasteiger partial charge in [0.25, 0.3) is 5.91 Å². The van der Waals surface area contributed by atoms with Crippen LogP contribution in [0.15, 0.2) is 47.2 Å². The summed E-state index contributed by atoms with van der Waals surface area (Å²) in [4.78, 5) is 22.7. The molecule has 0 bridgehead atoms. The van der Waals surface area contributed by atoms with Crippen LogP contribution in [0, 0.1) is 0 Å². The molecule has 20 heavy (non-hydrogen) atoms. The Morgan fingerprint density at radius 1 is 1.25 bits per heavy atom. The highest BCUT2D eigenvalue weighted by Gasteiger charge is 2.18. The second kappa shape index (κ2) is 6.51. The minimum Gasteiger partial charge on any atom is -0.481 e.